The van der Waals surface area contributed by atoms with Gasteiger partial charge in [-0.1, -0.05) is 0 Å². The summed E-state index contributed by atoms with van der Waals surface area (Å²) in [4.78, 5) is 0. The quantitative estimate of drug-likeness (QED) is 0.574. The Bertz CT molecular complexity index is 126. The average molecular weight is 141 g/mol. The Morgan fingerprint density at radius 1 is 1.40 bits per heavy atom. The van der Waals surface area contributed by atoms with Gasteiger partial charge in [0, 0.05) is 0 Å². The van der Waals surface area contributed by atoms with Crippen molar-refractivity contribution < 1.29 is 4.74 Å². The van der Waals surface area contributed by atoms with Gasteiger partial charge in [-0.2, -0.15) is 0 Å². The lowest BCUT2D eigenvalue weighted by Gasteiger charge is -2.17. The summed E-state index contributed by atoms with van der Waals surface area (Å²) in [6, 6.07) is 0. The highest BCUT2D eigenvalue weighted by Crippen LogP contribution is 2.38. The van der Waals surface area contributed by atoms with E-state index in [0.717, 1.165) is 5.92 Å². The zero-order valence-electron chi connectivity index (χ0n) is 6.47. The molecule has 0 radical (unpaired) electrons. The van der Waals surface area contributed by atoms with Gasteiger partial charge in [-0.3, -0.25) is 0 Å². The second kappa shape index (κ2) is 2.51. The maximum Gasteiger partial charge on any atom is 0.0845 e. The molecule has 0 bridgehead atoms. The molecule has 1 aliphatic carbocycles. The first-order valence-electron chi connectivity index (χ1n) is 4.20. The van der Waals surface area contributed by atoms with Gasteiger partial charge in [-0.25, -0.2) is 0 Å². The SMILES string of the molecule is CNC[C@H]1CC[C@H]2O[C@H]2C1. The number of rotatable bonds is 2. The molecule has 3 atom stereocenters. The number of hydrogen-bond acceptors (Lipinski definition) is 2. The van der Waals surface area contributed by atoms with Crippen LogP contribution >= 0.6 is 0 Å². The molecule has 2 fully saturated rings. The molecular weight excluding hydrogens is 126 g/mol. The van der Waals surface area contributed by atoms with E-state index in [2.05, 4.69) is 5.32 Å². The van der Waals surface area contributed by atoms with Crippen LogP contribution in [0.3, 0.4) is 0 Å². The predicted molar refractivity (Wildman–Crippen MR) is 39.9 cm³/mol. The standard InChI is InChI=1S/C8H15NO/c1-9-5-6-2-3-7-8(4-6)10-7/h6-9H,2-5H2,1H3/t6-,7+,8-/m0/s1. The van der Waals surface area contributed by atoms with Crippen LogP contribution in [0.25, 0.3) is 0 Å². The normalized spacial score (nSPS) is 44.7. The fourth-order valence-electron chi connectivity index (χ4n) is 1.96. The summed E-state index contributed by atoms with van der Waals surface area (Å²) in [5.74, 6) is 0.883. The molecule has 1 N–H and O–H groups in total. The molecular formula is C8H15NO. The van der Waals surface area contributed by atoms with Gasteiger partial charge < -0.3 is 10.1 Å². The maximum atomic E-state index is 5.43. The minimum Gasteiger partial charge on any atom is -0.370 e. The summed E-state index contributed by atoms with van der Waals surface area (Å²) < 4.78 is 5.43. The smallest absolute Gasteiger partial charge is 0.0845 e. The monoisotopic (exact) mass is 141 g/mol. The molecule has 58 valence electrons. The van der Waals surface area contributed by atoms with Crippen molar-refractivity contribution in [3.05, 3.63) is 0 Å². The molecule has 1 heterocycles. The van der Waals surface area contributed by atoms with Gasteiger partial charge in [0.1, 0.15) is 0 Å². The van der Waals surface area contributed by atoms with Crippen molar-refractivity contribution in [3.8, 4) is 0 Å². The Labute approximate surface area is 61.9 Å². The Morgan fingerprint density at radius 2 is 2.30 bits per heavy atom. The van der Waals surface area contributed by atoms with Crippen molar-refractivity contribution in [2.75, 3.05) is 13.6 Å². The molecule has 0 spiro atoms. The minimum atomic E-state index is 0.645. The number of fused-ring (bicyclic) bond motifs is 1. The molecule has 10 heavy (non-hydrogen) atoms. The van der Waals surface area contributed by atoms with Crippen molar-refractivity contribution in [2.24, 2.45) is 5.92 Å². The molecule has 0 aromatic heterocycles. The van der Waals surface area contributed by atoms with Crippen molar-refractivity contribution >= 4 is 0 Å². The highest BCUT2D eigenvalue weighted by molar-refractivity contribution is 4.92. The Kier molecular flexibility index (Phi) is 1.66. The van der Waals surface area contributed by atoms with Gasteiger partial charge in [0.05, 0.1) is 12.2 Å². The lowest BCUT2D eigenvalue weighted by atomic mass is 9.89. The number of epoxide rings is 1. The minimum absolute atomic E-state index is 0.645. The van der Waals surface area contributed by atoms with E-state index >= 15 is 0 Å². The third-order valence-electron chi connectivity index (χ3n) is 2.61. The molecule has 0 amide bonds. The van der Waals surface area contributed by atoms with Crippen LogP contribution in [0.4, 0.5) is 0 Å². The lowest BCUT2D eigenvalue weighted by molar-refractivity contribution is 0.357. The van der Waals surface area contributed by atoms with E-state index in [0.29, 0.717) is 12.2 Å². The van der Waals surface area contributed by atoms with Gasteiger partial charge in [-0.15, -0.1) is 0 Å². The van der Waals surface area contributed by atoms with Gasteiger partial charge in [0.2, 0.25) is 0 Å². The lowest BCUT2D eigenvalue weighted by Crippen LogP contribution is -2.23. The van der Waals surface area contributed by atoms with E-state index < -0.39 is 0 Å². The Hall–Kier alpha value is -0.0800. The van der Waals surface area contributed by atoms with E-state index in [4.69, 9.17) is 4.74 Å². The molecule has 0 aromatic carbocycles. The number of nitrogens with one attached hydrogen (secondary N) is 1. The van der Waals surface area contributed by atoms with E-state index in [-0.39, 0.29) is 0 Å². The summed E-state index contributed by atoms with van der Waals surface area (Å²) >= 11 is 0. The zero-order chi connectivity index (χ0) is 6.97. The van der Waals surface area contributed by atoms with Gasteiger partial charge >= 0.3 is 0 Å². The zero-order valence-corrected chi connectivity index (χ0v) is 6.47. The fraction of sp³-hybridized carbons (Fsp3) is 1.00. The highest BCUT2D eigenvalue weighted by atomic mass is 16.6. The molecule has 2 nitrogen and oxygen atoms in total. The molecule has 1 aliphatic heterocycles. The first-order valence-corrected chi connectivity index (χ1v) is 4.20. The maximum absolute atomic E-state index is 5.43. The van der Waals surface area contributed by atoms with Crippen molar-refractivity contribution in [1.82, 2.24) is 5.32 Å². The molecule has 2 heteroatoms. The second-order valence-corrected chi connectivity index (χ2v) is 3.45. The van der Waals surface area contributed by atoms with Crippen LogP contribution in [0.1, 0.15) is 19.3 Å². The van der Waals surface area contributed by atoms with Crippen molar-refractivity contribution in [3.63, 3.8) is 0 Å². The third kappa shape index (κ3) is 1.18. The first kappa shape index (κ1) is 6.62. The Morgan fingerprint density at radius 3 is 3.00 bits per heavy atom. The van der Waals surface area contributed by atoms with Gasteiger partial charge in [-0.05, 0) is 38.8 Å². The van der Waals surface area contributed by atoms with Crippen LogP contribution in [0.2, 0.25) is 0 Å². The van der Waals surface area contributed by atoms with Crippen LogP contribution in [0.5, 0.6) is 0 Å². The van der Waals surface area contributed by atoms with Crippen LogP contribution in [0, 0.1) is 5.92 Å². The number of hydrogen-bond donors (Lipinski definition) is 1. The van der Waals surface area contributed by atoms with Crippen LogP contribution < -0.4 is 5.32 Å². The summed E-state index contributed by atoms with van der Waals surface area (Å²) in [6.45, 7) is 1.17. The molecule has 2 aliphatic rings. The number of ether oxygens (including phenoxy) is 1. The van der Waals surface area contributed by atoms with Crippen LogP contribution in [0.15, 0.2) is 0 Å². The van der Waals surface area contributed by atoms with Gasteiger partial charge in [0.15, 0.2) is 0 Å². The van der Waals surface area contributed by atoms with E-state index in [1.165, 1.54) is 25.8 Å². The third-order valence-corrected chi connectivity index (χ3v) is 2.61. The van der Waals surface area contributed by atoms with E-state index in [9.17, 15) is 0 Å². The molecule has 2 rings (SSSR count). The molecule has 1 saturated carbocycles. The largest absolute Gasteiger partial charge is 0.370 e. The molecule has 1 saturated heterocycles. The van der Waals surface area contributed by atoms with Gasteiger partial charge in [0.25, 0.3) is 0 Å². The van der Waals surface area contributed by atoms with E-state index in [1.807, 2.05) is 7.05 Å². The second-order valence-electron chi connectivity index (χ2n) is 3.45. The fourth-order valence-corrected chi connectivity index (χ4v) is 1.96. The van der Waals surface area contributed by atoms with Crippen LogP contribution in [-0.2, 0) is 4.74 Å². The van der Waals surface area contributed by atoms with Crippen LogP contribution in [-0.4, -0.2) is 25.8 Å². The average Bonchev–Trinajstić information content (AvgIpc) is 2.66. The molecule has 0 aromatic rings. The first-order chi connectivity index (χ1) is 4.90. The summed E-state index contributed by atoms with van der Waals surface area (Å²) in [7, 11) is 2.03. The predicted octanol–water partition coefficient (Wildman–Crippen LogP) is 0.773. The Balaban J connectivity index is 1.77. The topological polar surface area (TPSA) is 24.6 Å². The molecule has 0 unspecified atom stereocenters. The summed E-state index contributed by atoms with van der Waals surface area (Å²) in [6.07, 6.45) is 5.27. The van der Waals surface area contributed by atoms with E-state index in [1.54, 1.807) is 0 Å². The highest BCUT2D eigenvalue weighted by Gasteiger charge is 2.43. The van der Waals surface area contributed by atoms with Crippen molar-refractivity contribution in [1.29, 1.82) is 0 Å². The summed E-state index contributed by atoms with van der Waals surface area (Å²) in [5, 5.41) is 3.22. The van der Waals surface area contributed by atoms with Crippen molar-refractivity contribution in [2.45, 2.75) is 31.5 Å². The summed E-state index contributed by atoms with van der Waals surface area (Å²) in [5.41, 5.74) is 0.